The molecular formula is C16H14O5. The van der Waals surface area contributed by atoms with Crippen LogP contribution in [0.4, 0.5) is 0 Å². The summed E-state index contributed by atoms with van der Waals surface area (Å²) in [5.74, 6) is -0.254. The molecule has 2 aromatic carbocycles. The summed E-state index contributed by atoms with van der Waals surface area (Å²) in [6.45, 7) is 0. The van der Waals surface area contributed by atoms with Gasteiger partial charge in [0.05, 0.1) is 12.7 Å². The summed E-state index contributed by atoms with van der Waals surface area (Å²) >= 11 is 0. The average Bonchev–Trinajstić information content (AvgIpc) is 2.45. The van der Waals surface area contributed by atoms with E-state index in [1.165, 1.54) is 55.7 Å². The van der Waals surface area contributed by atoms with Crippen molar-refractivity contribution in [3.63, 3.8) is 0 Å². The molecule has 0 saturated carbocycles. The van der Waals surface area contributed by atoms with Gasteiger partial charge < -0.3 is 20.1 Å². The zero-order valence-corrected chi connectivity index (χ0v) is 11.3. The lowest BCUT2D eigenvalue weighted by molar-refractivity contribution is 0.104. The van der Waals surface area contributed by atoms with Gasteiger partial charge in [-0.05, 0) is 36.4 Å². The van der Waals surface area contributed by atoms with Crippen molar-refractivity contribution >= 4 is 11.9 Å². The van der Waals surface area contributed by atoms with E-state index in [9.17, 15) is 20.1 Å². The fourth-order valence-corrected chi connectivity index (χ4v) is 1.81. The van der Waals surface area contributed by atoms with Gasteiger partial charge in [0.2, 0.25) is 0 Å². The highest BCUT2D eigenvalue weighted by molar-refractivity contribution is 6.08. The molecule has 0 atom stereocenters. The molecule has 0 aliphatic heterocycles. The fourth-order valence-electron chi connectivity index (χ4n) is 1.81. The summed E-state index contributed by atoms with van der Waals surface area (Å²) in [6.07, 6.45) is 2.71. The van der Waals surface area contributed by atoms with E-state index < -0.39 is 0 Å². The second-order valence-corrected chi connectivity index (χ2v) is 4.33. The fraction of sp³-hybridized carbons (Fsp3) is 0.0625. The third-order valence-electron chi connectivity index (χ3n) is 2.88. The standard InChI is InChI=1S/C16H14O5/c1-21-16-9-12(18)5-6-13(16)14(19)7-3-10-2-4-11(17)8-15(10)20/h2-9,17-18,20H,1H3. The number of phenolic OH excluding ortho intramolecular Hbond substituents is 3. The van der Waals surface area contributed by atoms with E-state index in [4.69, 9.17) is 4.74 Å². The first-order valence-electron chi connectivity index (χ1n) is 6.12. The van der Waals surface area contributed by atoms with Crippen molar-refractivity contribution in [3.05, 3.63) is 53.6 Å². The Morgan fingerprint density at radius 1 is 1.05 bits per heavy atom. The van der Waals surface area contributed by atoms with Crippen LogP contribution >= 0.6 is 0 Å². The van der Waals surface area contributed by atoms with E-state index in [-0.39, 0.29) is 28.8 Å². The van der Waals surface area contributed by atoms with Crippen LogP contribution < -0.4 is 4.74 Å². The second kappa shape index (κ2) is 6.00. The van der Waals surface area contributed by atoms with Crippen LogP contribution in [-0.2, 0) is 0 Å². The number of rotatable bonds is 4. The van der Waals surface area contributed by atoms with E-state index in [1.54, 1.807) is 0 Å². The predicted molar refractivity (Wildman–Crippen MR) is 77.8 cm³/mol. The lowest BCUT2D eigenvalue weighted by Crippen LogP contribution is -1.98. The molecule has 2 aromatic rings. The summed E-state index contributed by atoms with van der Waals surface area (Å²) < 4.78 is 5.04. The molecule has 0 spiro atoms. The van der Waals surface area contributed by atoms with E-state index in [0.717, 1.165) is 0 Å². The Kier molecular flexibility index (Phi) is 4.13. The Morgan fingerprint density at radius 2 is 1.71 bits per heavy atom. The van der Waals surface area contributed by atoms with Crippen molar-refractivity contribution in [2.24, 2.45) is 0 Å². The smallest absolute Gasteiger partial charge is 0.189 e. The van der Waals surface area contributed by atoms with Gasteiger partial charge in [0, 0.05) is 17.7 Å². The van der Waals surface area contributed by atoms with Gasteiger partial charge in [-0.1, -0.05) is 0 Å². The number of aromatic hydroxyl groups is 3. The summed E-state index contributed by atoms with van der Waals surface area (Å²) in [4.78, 5) is 12.1. The molecular weight excluding hydrogens is 272 g/mol. The predicted octanol–water partition coefficient (Wildman–Crippen LogP) is 2.71. The largest absolute Gasteiger partial charge is 0.508 e. The van der Waals surface area contributed by atoms with Gasteiger partial charge in [-0.15, -0.1) is 0 Å². The van der Waals surface area contributed by atoms with Crippen molar-refractivity contribution in [3.8, 4) is 23.0 Å². The number of hydrogen-bond acceptors (Lipinski definition) is 5. The number of phenols is 3. The van der Waals surface area contributed by atoms with Crippen molar-refractivity contribution in [1.82, 2.24) is 0 Å². The van der Waals surface area contributed by atoms with Gasteiger partial charge >= 0.3 is 0 Å². The van der Waals surface area contributed by atoms with Crippen LogP contribution in [0.5, 0.6) is 23.0 Å². The molecule has 0 aromatic heterocycles. The van der Waals surface area contributed by atoms with Gasteiger partial charge in [-0.25, -0.2) is 0 Å². The number of ketones is 1. The van der Waals surface area contributed by atoms with Crippen LogP contribution in [0.15, 0.2) is 42.5 Å². The van der Waals surface area contributed by atoms with Crippen molar-refractivity contribution < 1.29 is 24.9 Å². The van der Waals surface area contributed by atoms with Crippen molar-refractivity contribution in [1.29, 1.82) is 0 Å². The second-order valence-electron chi connectivity index (χ2n) is 4.33. The topological polar surface area (TPSA) is 87.0 Å². The highest BCUT2D eigenvalue weighted by atomic mass is 16.5. The maximum Gasteiger partial charge on any atom is 0.189 e. The van der Waals surface area contributed by atoms with Crippen LogP contribution in [-0.4, -0.2) is 28.2 Å². The molecule has 108 valence electrons. The minimum Gasteiger partial charge on any atom is -0.508 e. The molecule has 5 nitrogen and oxygen atoms in total. The van der Waals surface area contributed by atoms with Crippen LogP contribution in [0.25, 0.3) is 6.08 Å². The Hall–Kier alpha value is -2.95. The van der Waals surface area contributed by atoms with Crippen LogP contribution in [0.2, 0.25) is 0 Å². The molecule has 0 unspecified atom stereocenters. The molecule has 0 aliphatic carbocycles. The molecule has 0 aliphatic rings. The van der Waals surface area contributed by atoms with E-state index >= 15 is 0 Å². The maximum atomic E-state index is 12.1. The van der Waals surface area contributed by atoms with Gasteiger partial charge in [0.15, 0.2) is 5.78 Å². The van der Waals surface area contributed by atoms with Gasteiger partial charge in [-0.3, -0.25) is 4.79 Å². The first-order chi connectivity index (χ1) is 10.0. The number of ether oxygens (including phenoxy) is 1. The summed E-state index contributed by atoms with van der Waals surface area (Å²) in [5, 5.41) is 28.2. The number of carbonyl (C=O) groups is 1. The van der Waals surface area contributed by atoms with Crippen molar-refractivity contribution in [2.75, 3.05) is 7.11 Å². The molecule has 0 fully saturated rings. The number of carbonyl (C=O) groups excluding carboxylic acids is 1. The van der Waals surface area contributed by atoms with Crippen molar-refractivity contribution in [2.45, 2.75) is 0 Å². The summed E-state index contributed by atoms with van der Waals surface area (Å²) in [5.41, 5.74) is 0.698. The third-order valence-corrected chi connectivity index (χ3v) is 2.88. The minimum absolute atomic E-state index is 0.00330. The lowest BCUT2D eigenvalue weighted by atomic mass is 10.1. The Balaban J connectivity index is 2.27. The summed E-state index contributed by atoms with van der Waals surface area (Å²) in [6, 6.07) is 8.27. The highest BCUT2D eigenvalue weighted by Crippen LogP contribution is 2.26. The Labute approximate surface area is 121 Å². The zero-order chi connectivity index (χ0) is 15.4. The maximum absolute atomic E-state index is 12.1. The molecule has 0 heterocycles. The number of hydrogen-bond donors (Lipinski definition) is 3. The number of allylic oxidation sites excluding steroid dienone is 1. The van der Waals surface area contributed by atoms with E-state index in [1.807, 2.05) is 0 Å². The molecule has 0 radical (unpaired) electrons. The van der Waals surface area contributed by atoms with E-state index in [0.29, 0.717) is 11.1 Å². The quantitative estimate of drug-likeness (QED) is 0.594. The first-order valence-corrected chi connectivity index (χ1v) is 6.12. The van der Waals surface area contributed by atoms with Gasteiger partial charge in [-0.2, -0.15) is 0 Å². The first kappa shape index (κ1) is 14.5. The van der Waals surface area contributed by atoms with Crippen LogP contribution in [0, 0.1) is 0 Å². The molecule has 0 bridgehead atoms. The molecule has 0 saturated heterocycles. The minimum atomic E-state index is -0.334. The van der Waals surface area contributed by atoms with Crippen LogP contribution in [0.1, 0.15) is 15.9 Å². The Bertz CT molecular complexity index is 704. The monoisotopic (exact) mass is 286 g/mol. The SMILES string of the molecule is COc1cc(O)ccc1C(=O)C=Cc1ccc(O)cc1O. The molecule has 0 amide bonds. The van der Waals surface area contributed by atoms with Gasteiger partial charge in [0.1, 0.15) is 23.0 Å². The normalized spacial score (nSPS) is 10.7. The molecule has 2 rings (SSSR count). The zero-order valence-electron chi connectivity index (χ0n) is 11.3. The number of methoxy groups -OCH3 is 1. The highest BCUT2D eigenvalue weighted by Gasteiger charge is 2.10. The van der Waals surface area contributed by atoms with E-state index in [2.05, 4.69) is 0 Å². The summed E-state index contributed by atoms with van der Waals surface area (Å²) in [7, 11) is 1.40. The average molecular weight is 286 g/mol. The molecule has 3 N–H and O–H groups in total. The number of benzene rings is 2. The third kappa shape index (κ3) is 3.33. The lowest BCUT2D eigenvalue weighted by Gasteiger charge is -2.06. The molecule has 21 heavy (non-hydrogen) atoms. The molecule has 5 heteroatoms. The van der Waals surface area contributed by atoms with Crippen LogP contribution in [0.3, 0.4) is 0 Å². The Morgan fingerprint density at radius 3 is 2.38 bits per heavy atom. The van der Waals surface area contributed by atoms with Gasteiger partial charge in [0.25, 0.3) is 0 Å².